The molecule has 0 unspecified atom stereocenters. The second-order valence-electron chi connectivity index (χ2n) is 7.06. The first-order valence-corrected chi connectivity index (χ1v) is 11.6. The first kappa shape index (κ1) is 22.0. The molecule has 1 saturated heterocycles. The monoisotopic (exact) mass is 465 g/mol. The molecule has 1 fully saturated rings. The van der Waals surface area contributed by atoms with Gasteiger partial charge in [0.1, 0.15) is 28.9 Å². The van der Waals surface area contributed by atoms with E-state index in [1.807, 2.05) is 4.90 Å². The van der Waals surface area contributed by atoms with Gasteiger partial charge < -0.3 is 15.0 Å². The average Bonchev–Trinajstić information content (AvgIpc) is 2.79. The molecule has 0 aliphatic carbocycles. The van der Waals surface area contributed by atoms with Crippen LogP contribution in [0.2, 0.25) is 0 Å². The van der Waals surface area contributed by atoms with Gasteiger partial charge in [-0.15, -0.1) is 0 Å². The Hall–Kier alpha value is -3.19. The van der Waals surface area contributed by atoms with E-state index in [-0.39, 0.29) is 22.8 Å². The summed E-state index contributed by atoms with van der Waals surface area (Å²) in [6.45, 7) is 3.96. The predicted molar refractivity (Wildman–Crippen MR) is 116 cm³/mol. The van der Waals surface area contributed by atoms with Crippen molar-refractivity contribution < 1.29 is 21.9 Å². The number of ether oxygens (including phenoxy) is 1. The van der Waals surface area contributed by atoms with Crippen LogP contribution in [-0.2, 0) is 14.8 Å². The van der Waals surface area contributed by atoms with Gasteiger partial charge in [-0.3, -0.25) is 4.72 Å². The molecule has 10 nitrogen and oxygen atoms in total. The van der Waals surface area contributed by atoms with Gasteiger partial charge >= 0.3 is 0 Å². The highest BCUT2D eigenvalue weighted by molar-refractivity contribution is 7.92. The fraction of sp³-hybridized carbons (Fsp3) is 0.368. The van der Waals surface area contributed by atoms with Crippen molar-refractivity contribution in [3.05, 3.63) is 36.3 Å². The van der Waals surface area contributed by atoms with Crippen LogP contribution < -0.4 is 14.9 Å². The summed E-state index contributed by atoms with van der Waals surface area (Å²) in [7, 11) is -3.76. The Bertz CT molecular complexity index is 1240. The second-order valence-corrected chi connectivity index (χ2v) is 8.90. The van der Waals surface area contributed by atoms with E-state index in [1.54, 1.807) is 6.92 Å². The Balaban J connectivity index is 1.70. The first-order valence-electron chi connectivity index (χ1n) is 9.94. The van der Waals surface area contributed by atoms with Gasteiger partial charge in [-0.1, -0.05) is 6.92 Å². The molecule has 0 radical (unpaired) electrons. The summed E-state index contributed by atoms with van der Waals surface area (Å²) in [5, 5.41) is 2.60. The Labute approximate surface area is 183 Å². The van der Waals surface area contributed by atoms with E-state index >= 15 is 4.39 Å². The molecule has 32 heavy (non-hydrogen) atoms. The molecule has 1 aliphatic rings. The highest BCUT2D eigenvalue weighted by Crippen LogP contribution is 2.31. The molecular weight excluding hydrogens is 444 g/mol. The lowest BCUT2D eigenvalue weighted by molar-refractivity contribution is 0.122. The van der Waals surface area contributed by atoms with Crippen LogP contribution in [0.5, 0.6) is 0 Å². The van der Waals surface area contributed by atoms with E-state index in [0.29, 0.717) is 44.2 Å². The van der Waals surface area contributed by atoms with Crippen LogP contribution in [-0.4, -0.2) is 60.4 Å². The summed E-state index contributed by atoms with van der Waals surface area (Å²) in [4.78, 5) is 18.9. The molecule has 2 aromatic heterocycles. The third-order valence-corrected chi connectivity index (χ3v) is 6.21. The number of morpholine rings is 1. The smallest absolute Gasteiger partial charge is 0.232 e. The van der Waals surface area contributed by atoms with Crippen molar-refractivity contribution in [2.45, 2.75) is 13.3 Å². The number of rotatable bonds is 7. The van der Waals surface area contributed by atoms with Crippen molar-refractivity contribution >= 4 is 44.2 Å². The largest absolute Gasteiger partial charge is 0.378 e. The summed E-state index contributed by atoms with van der Waals surface area (Å²) in [6, 6.07) is 1.99. The molecule has 3 heterocycles. The highest BCUT2D eigenvalue weighted by atomic mass is 32.2. The van der Waals surface area contributed by atoms with Crippen molar-refractivity contribution in [2.24, 2.45) is 0 Å². The summed E-state index contributed by atoms with van der Waals surface area (Å²) < 4.78 is 61.1. The van der Waals surface area contributed by atoms with E-state index < -0.39 is 27.3 Å². The van der Waals surface area contributed by atoms with Gasteiger partial charge in [0, 0.05) is 13.1 Å². The lowest BCUT2D eigenvalue weighted by atomic mass is 10.2. The number of halogens is 2. The molecule has 0 saturated carbocycles. The van der Waals surface area contributed by atoms with Crippen molar-refractivity contribution in [1.29, 1.82) is 0 Å². The standard InChI is InChI=1S/C19H21F2N7O3S/c1-2-9-32(29,30)27-13-4-3-12(20)16(15(13)21)25-18-17-14(23-11-24-18)10-22-19(26-17)28-5-7-31-8-6-28/h3-4,10-11,27H,2,5-9H2,1H3,(H,23,24,25). The van der Waals surface area contributed by atoms with E-state index in [2.05, 4.69) is 30.0 Å². The molecule has 3 aromatic rings. The number of sulfonamides is 1. The minimum atomic E-state index is -3.76. The van der Waals surface area contributed by atoms with Gasteiger partial charge in [0.2, 0.25) is 16.0 Å². The lowest BCUT2D eigenvalue weighted by Gasteiger charge is -2.26. The maximum Gasteiger partial charge on any atom is 0.232 e. The maximum atomic E-state index is 15.0. The molecule has 0 atom stereocenters. The number of anilines is 4. The number of nitrogens with zero attached hydrogens (tertiary/aromatic N) is 5. The molecule has 0 amide bonds. The van der Waals surface area contributed by atoms with Crippen LogP contribution in [0.1, 0.15) is 13.3 Å². The fourth-order valence-electron chi connectivity index (χ4n) is 3.20. The zero-order chi connectivity index (χ0) is 22.7. The van der Waals surface area contributed by atoms with Crippen LogP contribution in [0.25, 0.3) is 11.0 Å². The summed E-state index contributed by atoms with van der Waals surface area (Å²) in [5.74, 6) is -1.74. The normalized spacial score (nSPS) is 14.5. The van der Waals surface area contributed by atoms with Crippen LogP contribution >= 0.6 is 0 Å². The lowest BCUT2D eigenvalue weighted by Crippen LogP contribution is -2.37. The van der Waals surface area contributed by atoms with Crippen molar-refractivity contribution in [3.8, 4) is 0 Å². The Kier molecular flexibility index (Phi) is 6.28. The zero-order valence-electron chi connectivity index (χ0n) is 17.2. The van der Waals surface area contributed by atoms with Crippen LogP contribution in [0.4, 0.5) is 31.9 Å². The first-order chi connectivity index (χ1) is 15.4. The molecular formula is C19H21F2N7O3S. The van der Waals surface area contributed by atoms with E-state index in [9.17, 15) is 12.8 Å². The SMILES string of the molecule is CCCS(=O)(=O)Nc1ccc(F)c(Nc2ncnc3cnc(N4CCOCC4)nc23)c1F. The minimum absolute atomic E-state index is 0.0540. The topological polar surface area (TPSA) is 122 Å². The van der Waals surface area contributed by atoms with Gasteiger partial charge in [-0.2, -0.15) is 0 Å². The Morgan fingerprint density at radius 2 is 1.94 bits per heavy atom. The summed E-state index contributed by atoms with van der Waals surface area (Å²) in [6.07, 6.45) is 3.06. The third kappa shape index (κ3) is 4.67. The minimum Gasteiger partial charge on any atom is -0.378 e. The molecule has 4 rings (SSSR count). The average molecular weight is 465 g/mol. The number of hydrogen-bond acceptors (Lipinski definition) is 9. The van der Waals surface area contributed by atoms with Gasteiger partial charge in [-0.25, -0.2) is 37.1 Å². The summed E-state index contributed by atoms with van der Waals surface area (Å²) in [5.41, 5.74) is -0.294. The van der Waals surface area contributed by atoms with Crippen molar-refractivity contribution in [2.75, 3.05) is 47.0 Å². The maximum absolute atomic E-state index is 15.0. The second kappa shape index (κ2) is 9.12. The molecule has 0 bridgehead atoms. The summed E-state index contributed by atoms with van der Waals surface area (Å²) >= 11 is 0. The number of hydrogen-bond donors (Lipinski definition) is 2. The zero-order valence-corrected chi connectivity index (χ0v) is 18.0. The molecule has 13 heteroatoms. The molecule has 0 spiro atoms. The van der Waals surface area contributed by atoms with E-state index in [0.717, 1.165) is 12.1 Å². The molecule has 1 aromatic carbocycles. The highest BCUT2D eigenvalue weighted by Gasteiger charge is 2.21. The van der Waals surface area contributed by atoms with Crippen molar-refractivity contribution in [3.63, 3.8) is 0 Å². The Morgan fingerprint density at radius 1 is 1.16 bits per heavy atom. The number of fused-ring (bicyclic) bond motifs is 1. The number of benzene rings is 1. The van der Waals surface area contributed by atoms with Crippen LogP contribution in [0, 0.1) is 11.6 Å². The van der Waals surface area contributed by atoms with Crippen LogP contribution in [0.3, 0.4) is 0 Å². The van der Waals surface area contributed by atoms with Gasteiger partial charge in [0.15, 0.2) is 11.6 Å². The third-order valence-electron chi connectivity index (χ3n) is 4.73. The van der Waals surface area contributed by atoms with Gasteiger partial charge in [0.25, 0.3) is 0 Å². The fourth-order valence-corrected chi connectivity index (χ4v) is 4.34. The Morgan fingerprint density at radius 3 is 2.69 bits per heavy atom. The van der Waals surface area contributed by atoms with Gasteiger partial charge in [0.05, 0.1) is 30.9 Å². The molecule has 2 N–H and O–H groups in total. The quantitative estimate of drug-likeness (QED) is 0.542. The van der Waals surface area contributed by atoms with Crippen molar-refractivity contribution in [1.82, 2.24) is 19.9 Å². The van der Waals surface area contributed by atoms with E-state index in [4.69, 9.17) is 4.74 Å². The molecule has 170 valence electrons. The van der Waals surface area contributed by atoms with E-state index in [1.165, 1.54) is 12.5 Å². The van der Waals surface area contributed by atoms with Crippen LogP contribution in [0.15, 0.2) is 24.7 Å². The molecule has 1 aliphatic heterocycles. The number of nitrogens with one attached hydrogen (secondary N) is 2. The predicted octanol–water partition coefficient (Wildman–Crippen LogP) is 2.43. The van der Waals surface area contributed by atoms with Gasteiger partial charge in [-0.05, 0) is 18.6 Å². The number of aromatic nitrogens is 4.